The molecule has 0 aliphatic carbocycles. The Kier molecular flexibility index (Phi) is 6.67. The van der Waals surface area contributed by atoms with Gasteiger partial charge in [0.2, 0.25) is 0 Å². The van der Waals surface area contributed by atoms with E-state index in [4.69, 9.17) is 28.6 Å². The molecule has 25 heavy (non-hydrogen) atoms. The van der Waals surface area contributed by atoms with Crippen LogP contribution in [-0.2, 0) is 0 Å². The number of anilines is 1. The quantitative estimate of drug-likeness (QED) is 0.342. The fraction of sp³-hybridized carbons (Fsp3) is 0.125. The number of hydrazone groups is 1. The van der Waals surface area contributed by atoms with E-state index in [-0.39, 0.29) is 10.8 Å². The van der Waals surface area contributed by atoms with E-state index in [1.54, 1.807) is 0 Å². The first kappa shape index (κ1) is 18.6. The summed E-state index contributed by atoms with van der Waals surface area (Å²) in [5.41, 5.74) is 3.73. The molecule has 0 fully saturated rings. The van der Waals surface area contributed by atoms with Gasteiger partial charge in [-0.1, -0.05) is 11.6 Å². The smallest absolute Gasteiger partial charge is 0.270 e. The summed E-state index contributed by atoms with van der Waals surface area (Å²) in [6.45, 7) is 2.51. The minimum absolute atomic E-state index is 0.0686. The number of hydrogen-bond donors (Lipinski definition) is 2. The highest BCUT2D eigenvalue weighted by atomic mass is 35.5. The second-order valence-electron chi connectivity index (χ2n) is 4.74. The number of hydrogen-bond acceptors (Lipinski definition) is 5. The van der Waals surface area contributed by atoms with Gasteiger partial charge in [-0.3, -0.25) is 15.5 Å². The van der Waals surface area contributed by atoms with Crippen molar-refractivity contribution in [2.45, 2.75) is 6.92 Å². The number of halogens is 1. The number of nitrogens with zero attached hydrogens (tertiary/aromatic N) is 2. The van der Waals surface area contributed by atoms with E-state index >= 15 is 0 Å². The van der Waals surface area contributed by atoms with E-state index in [0.29, 0.717) is 17.2 Å². The van der Waals surface area contributed by atoms with Gasteiger partial charge in [-0.15, -0.1) is 0 Å². The molecule has 0 aliphatic heterocycles. The van der Waals surface area contributed by atoms with Crippen LogP contribution in [0.3, 0.4) is 0 Å². The van der Waals surface area contributed by atoms with Crippen LogP contribution in [0.2, 0.25) is 5.02 Å². The second-order valence-corrected chi connectivity index (χ2v) is 5.56. The number of nitro groups is 1. The first-order valence-electron chi connectivity index (χ1n) is 7.26. The highest BCUT2D eigenvalue weighted by Crippen LogP contribution is 2.20. The van der Waals surface area contributed by atoms with Crippen LogP contribution in [0.5, 0.6) is 5.75 Å². The van der Waals surface area contributed by atoms with Crippen molar-refractivity contribution in [2.75, 3.05) is 11.9 Å². The lowest BCUT2D eigenvalue weighted by Crippen LogP contribution is -2.23. The maximum Gasteiger partial charge on any atom is 0.270 e. The van der Waals surface area contributed by atoms with Crippen LogP contribution < -0.4 is 15.5 Å². The van der Waals surface area contributed by atoms with Crippen molar-refractivity contribution in [3.05, 3.63) is 63.2 Å². The maximum absolute atomic E-state index is 10.8. The summed E-state index contributed by atoms with van der Waals surface area (Å²) in [5.74, 6) is 0.769. The Morgan fingerprint density at radius 3 is 2.72 bits per heavy atom. The molecule has 0 bridgehead atoms. The molecule has 2 rings (SSSR count). The maximum atomic E-state index is 10.8. The third-order valence-electron chi connectivity index (χ3n) is 2.98. The van der Waals surface area contributed by atoms with E-state index in [0.717, 1.165) is 11.4 Å². The molecule has 0 aromatic heterocycles. The summed E-state index contributed by atoms with van der Waals surface area (Å²) in [6, 6.07) is 11.4. The Morgan fingerprint density at radius 1 is 1.36 bits per heavy atom. The molecule has 0 saturated carbocycles. The summed E-state index contributed by atoms with van der Waals surface area (Å²) < 4.78 is 5.36. The molecule has 0 spiro atoms. The van der Waals surface area contributed by atoms with Gasteiger partial charge in [-0.25, -0.2) is 0 Å². The topological polar surface area (TPSA) is 88.8 Å². The van der Waals surface area contributed by atoms with E-state index in [2.05, 4.69) is 15.8 Å². The van der Waals surface area contributed by atoms with Crippen LogP contribution in [-0.4, -0.2) is 22.9 Å². The van der Waals surface area contributed by atoms with Gasteiger partial charge in [-0.2, -0.15) is 5.10 Å². The van der Waals surface area contributed by atoms with Crippen LogP contribution in [0.1, 0.15) is 12.5 Å². The van der Waals surface area contributed by atoms with Crippen LogP contribution in [0, 0.1) is 10.1 Å². The van der Waals surface area contributed by atoms with Crippen molar-refractivity contribution >= 4 is 46.5 Å². The molecule has 2 aromatic carbocycles. The normalized spacial score (nSPS) is 10.5. The molecular weight excluding hydrogens is 364 g/mol. The molecule has 9 heteroatoms. The fourth-order valence-corrected chi connectivity index (χ4v) is 2.20. The monoisotopic (exact) mass is 378 g/mol. The summed E-state index contributed by atoms with van der Waals surface area (Å²) >= 11 is 11.1. The predicted octanol–water partition coefficient (Wildman–Crippen LogP) is 3.97. The summed E-state index contributed by atoms with van der Waals surface area (Å²) in [5, 5.41) is 18.3. The lowest BCUT2D eigenvalue weighted by molar-refractivity contribution is -0.384. The molecule has 0 amide bonds. The molecule has 0 radical (unpaired) electrons. The zero-order chi connectivity index (χ0) is 18.2. The van der Waals surface area contributed by atoms with E-state index in [1.165, 1.54) is 24.4 Å². The first-order valence-corrected chi connectivity index (χ1v) is 8.05. The van der Waals surface area contributed by atoms with Crippen LogP contribution in [0.4, 0.5) is 11.4 Å². The molecule has 0 saturated heterocycles. The number of non-ortho nitro benzene ring substituents is 1. The molecule has 2 N–H and O–H groups in total. The Hall–Kier alpha value is -2.71. The highest BCUT2D eigenvalue weighted by molar-refractivity contribution is 7.80. The third kappa shape index (κ3) is 5.70. The lowest BCUT2D eigenvalue weighted by Gasteiger charge is -2.08. The largest absolute Gasteiger partial charge is 0.494 e. The Labute approximate surface area is 154 Å². The van der Waals surface area contributed by atoms with Crippen molar-refractivity contribution in [1.29, 1.82) is 0 Å². The Balaban J connectivity index is 1.94. The molecule has 0 heterocycles. The van der Waals surface area contributed by atoms with E-state index in [1.807, 2.05) is 31.2 Å². The number of nitrogens with one attached hydrogen (secondary N) is 2. The van der Waals surface area contributed by atoms with Gasteiger partial charge in [0.1, 0.15) is 5.75 Å². The zero-order valence-corrected chi connectivity index (χ0v) is 14.8. The van der Waals surface area contributed by atoms with Crippen molar-refractivity contribution in [3.63, 3.8) is 0 Å². The molecule has 0 atom stereocenters. The van der Waals surface area contributed by atoms with Crippen molar-refractivity contribution in [3.8, 4) is 5.75 Å². The Morgan fingerprint density at radius 2 is 2.08 bits per heavy atom. The minimum Gasteiger partial charge on any atom is -0.494 e. The SMILES string of the molecule is CCOc1ccc(NC(=S)N/N=C\c2cc([N+](=O)[O-])ccc2Cl)cc1. The van der Waals surface area contributed by atoms with Crippen LogP contribution in [0.25, 0.3) is 0 Å². The summed E-state index contributed by atoms with van der Waals surface area (Å²) in [6.07, 6.45) is 1.36. The molecular formula is C16H15ClN4O3S. The minimum atomic E-state index is -0.501. The fourth-order valence-electron chi connectivity index (χ4n) is 1.86. The standard InChI is InChI=1S/C16H15ClN4O3S/c1-2-24-14-6-3-12(4-7-14)19-16(25)20-18-10-11-9-13(21(22)23)5-8-15(11)17/h3-10H,2H2,1H3,(H2,19,20,25)/b18-10-. The summed E-state index contributed by atoms with van der Waals surface area (Å²) in [4.78, 5) is 10.3. The molecule has 7 nitrogen and oxygen atoms in total. The molecule has 130 valence electrons. The number of benzene rings is 2. The lowest BCUT2D eigenvalue weighted by atomic mass is 10.2. The Bertz CT molecular complexity index is 796. The molecule has 0 aliphatic rings. The van der Waals surface area contributed by atoms with Crippen molar-refractivity contribution in [1.82, 2.24) is 5.43 Å². The van der Waals surface area contributed by atoms with Gasteiger partial charge < -0.3 is 10.1 Å². The van der Waals surface area contributed by atoms with Gasteiger partial charge in [0.25, 0.3) is 5.69 Å². The highest BCUT2D eigenvalue weighted by Gasteiger charge is 2.08. The molecule has 0 unspecified atom stereocenters. The zero-order valence-electron chi connectivity index (χ0n) is 13.2. The van der Waals surface area contributed by atoms with Gasteiger partial charge in [0.15, 0.2) is 5.11 Å². The van der Waals surface area contributed by atoms with Gasteiger partial charge in [0.05, 0.1) is 17.7 Å². The van der Waals surface area contributed by atoms with Gasteiger partial charge in [-0.05, 0) is 49.5 Å². The number of ether oxygens (including phenoxy) is 1. The van der Waals surface area contributed by atoms with Crippen LogP contribution in [0.15, 0.2) is 47.6 Å². The second kappa shape index (κ2) is 8.95. The van der Waals surface area contributed by atoms with Gasteiger partial charge in [0, 0.05) is 28.4 Å². The van der Waals surface area contributed by atoms with E-state index < -0.39 is 4.92 Å². The average molecular weight is 379 g/mol. The first-order chi connectivity index (χ1) is 12.0. The molecule has 2 aromatic rings. The predicted molar refractivity (Wildman–Crippen MR) is 103 cm³/mol. The average Bonchev–Trinajstić information content (AvgIpc) is 2.58. The summed E-state index contributed by atoms with van der Waals surface area (Å²) in [7, 11) is 0. The van der Waals surface area contributed by atoms with Crippen molar-refractivity contribution < 1.29 is 9.66 Å². The van der Waals surface area contributed by atoms with Gasteiger partial charge >= 0.3 is 0 Å². The van der Waals surface area contributed by atoms with Crippen molar-refractivity contribution in [2.24, 2.45) is 5.10 Å². The van der Waals surface area contributed by atoms with Crippen LogP contribution >= 0.6 is 23.8 Å². The number of thiocarbonyl (C=S) groups is 1. The number of nitro benzene ring substituents is 1. The van der Waals surface area contributed by atoms with E-state index in [9.17, 15) is 10.1 Å². The third-order valence-corrected chi connectivity index (χ3v) is 3.52. The number of rotatable bonds is 6.